The third-order valence-corrected chi connectivity index (χ3v) is 2.39. The van der Waals surface area contributed by atoms with Crippen molar-refractivity contribution in [3.05, 3.63) is 23.9 Å². The van der Waals surface area contributed by atoms with Crippen LogP contribution >= 0.6 is 11.8 Å². The molecule has 15 heavy (non-hydrogen) atoms. The minimum Gasteiger partial charge on any atom is -0.262 e. The Bertz CT molecular complexity index is 514. The molecule has 0 fully saturated rings. The van der Waals surface area contributed by atoms with Crippen LogP contribution in [0.1, 0.15) is 11.5 Å². The number of nitrogens with one attached hydrogen (secondary N) is 1. The molecule has 0 bridgehead atoms. The van der Waals surface area contributed by atoms with Crippen LogP contribution in [0.25, 0.3) is 0 Å². The first-order valence-electron chi connectivity index (χ1n) is 4.07. The van der Waals surface area contributed by atoms with Gasteiger partial charge in [0.1, 0.15) is 16.9 Å². The molecule has 0 unspecified atom stereocenters. The molecule has 0 aliphatic carbocycles. The molecular formula is C8H6N6S. The molecular weight excluding hydrogens is 212 g/mol. The molecule has 0 radical (unpaired) electrons. The van der Waals surface area contributed by atoms with Gasteiger partial charge in [-0.2, -0.15) is 5.26 Å². The quantitative estimate of drug-likeness (QED) is 0.806. The predicted octanol–water partition coefficient (Wildman–Crippen LogP) is 0.926. The Morgan fingerprint density at radius 1 is 1.40 bits per heavy atom. The van der Waals surface area contributed by atoms with E-state index in [1.54, 1.807) is 6.92 Å². The van der Waals surface area contributed by atoms with Crippen LogP contribution in [0.15, 0.2) is 22.6 Å². The van der Waals surface area contributed by atoms with E-state index in [0.717, 1.165) is 5.82 Å². The smallest absolute Gasteiger partial charge is 0.214 e. The number of aromatic nitrogens is 5. The van der Waals surface area contributed by atoms with Crippen LogP contribution in [0, 0.1) is 18.3 Å². The Morgan fingerprint density at radius 3 is 2.87 bits per heavy atom. The summed E-state index contributed by atoms with van der Waals surface area (Å²) in [6, 6.07) is 1.96. The number of rotatable bonds is 2. The summed E-state index contributed by atoms with van der Waals surface area (Å²) in [5.74, 6) is 0.722. The van der Waals surface area contributed by atoms with Crippen LogP contribution in [-0.2, 0) is 0 Å². The van der Waals surface area contributed by atoms with E-state index >= 15 is 0 Å². The van der Waals surface area contributed by atoms with Crippen LogP contribution < -0.4 is 0 Å². The first-order chi connectivity index (χ1) is 7.29. The normalized spacial score (nSPS) is 9.87. The van der Waals surface area contributed by atoms with Crippen molar-refractivity contribution < 1.29 is 0 Å². The number of nitriles is 1. The van der Waals surface area contributed by atoms with Crippen molar-refractivity contribution in [1.29, 1.82) is 5.26 Å². The Morgan fingerprint density at radius 2 is 2.20 bits per heavy atom. The van der Waals surface area contributed by atoms with Gasteiger partial charge in [-0.1, -0.05) is 0 Å². The van der Waals surface area contributed by atoms with Gasteiger partial charge in [-0.3, -0.25) is 5.10 Å². The fourth-order valence-electron chi connectivity index (χ4n) is 0.931. The number of hydrogen-bond donors (Lipinski definition) is 1. The molecule has 74 valence electrons. The van der Waals surface area contributed by atoms with Gasteiger partial charge in [0, 0.05) is 12.4 Å². The highest BCUT2D eigenvalue weighted by molar-refractivity contribution is 7.99. The molecule has 2 heterocycles. The molecule has 0 aliphatic heterocycles. The lowest BCUT2D eigenvalue weighted by molar-refractivity contribution is 0.956. The van der Waals surface area contributed by atoms with Crippen LogP contribution in [-0.4, -0.2) is 25.1 Å². The van der Waals surface area contributed by atoms with Gasteiger partial charge in [0.15, 0.2) is 5.69 Å². The second kappa shape index (κ2) is 4.06. The third-order valence-electron chi connectivity index (χ3n) is 1.54. The van der Waals surface area contributed by atoms with E-state index in [4.69, 9.17) is 5.26 Å². The summed E-state index contributed by atoms with van der Waals surface area (Å²) in [5.41, 5.74) is 0.282. The zero-order valence-electron chi connectivity index (χ0n) is 7.80. The van der Waals surface area contributed by atoms with E-state index in [2.05, 4.69) is 25.1 Å². The molecule has 7 heteroatoms. The molecule has 0 amide bonds. The topological polar surface area (TPSA) is 91.1 Å². The van der Waals surface area contributed by atoms with Gasteiger partial charge in [0.05, 0.1) is 0 Å². The second-order valence-electron chi connectivity index (χ2n) is 2.63. The van der Waals surface area contributed by atoms with Crippen molar-refractivity contribution >= 4 is 11.8 Å². The average Bonchev–Trinajstić information content (AvgIpc) is 2.65. The molecule has 6 nitrogen and oxygen atoms in total. The molecule has 0 aromatic carbocycles. The first kappa shape index (κ1) is 9.61. The van der Waals surface area contributed by atoms with Crippen molar-refractivity contribution in [2.75, 3.05) is 0 Å². The van der Waals surface area contributed by atoms with E-state index in [-0.39, 0.29) is 5.69 Å². The molecule has 0 saturated heterocycles. The zero-order chi connectivity index (χ0) is 10.7. The standard InChI is InChI=1S/C8H6N6S/c1-5-12-8(14-13-5)15-7-6(4-9)10-2-3-11-7/h2-3H,1H3,(H,12,13,14). The highest BCUT2D eigenvalue weighted by Gasteiger charge is 2.09. The van der Waals surface area contributed by atoms with E-state index in [9.17, 15) is 0 Å². The van der Waals surface area contributed by atoms with E-state index in [0.29, 0.717) is 10.2 Å². The SMILES string of the molecule is Cc1nc(Sc2nccnc2C#N)n[nH]1. The van der Waals surface area contributed by atoms with Gasteiger partial charge in [0.25, 0.3) is 0 Å². The van der Waals surface area contributed by atoms with Crippen molar-refractivity contribution in [3.8, 4) is 6.07 Å². The molecule has 0 atom stereocenters. The lowest BCUT2D eigenvalue weighted by atomic mass is 10.5. The van der Waals surface area contributed by atoms with Crippen molar-refractivity contribution in [2.24, 2.45) is 0 Å². The maximum absolute atomic E-state index is 8.79. The number of H-pyrrole nitrogens is 1. The fraction of sp³-hybridized carbons (Fsp3) is 0.125. The number of aromatic amines is 1. The zero-order valence-corrected chi connectivity index (χ0v) is 8.62. The Hall–Kier alpha value is -1.94. The van der Waals surface area contributed by atoms with Gasteiger partial charge in [-0.25, -0.2) is 15.0 Å². The molecule has 0 saturated carbocycles. The van der Waals surface area contributed by atoms with Crippen LogP contribution in [0.2, 0.25) is 0 Å². The molecule has 0 aliphatic rings. The monoisotopic (exact) mass is 218 g/mol. The van der Waals surface area contributed by atoms with Crippen molar-refractivity contribution in [1.82, 2.24) is 25.1 Å². The summed E-state index contributed by atoms with van der Waals surface area (Å²) < 4.78 is 0. The van der Waals surface area contributed by atoms with Gasteiger partial charge in [0.2, 0.25) is 5.16 Å². The summed E-state index contributed by atoms with van der Waals surface area (Å²) in [4.78, 5) is 12.0. The summed E-state index contributed by atoms with van der Waals surface area (Å²) in [6.07, 6.45) is 3.01. The Balaban J connectivity index is 2.28. The molecule has 1 N–H and O–H groups in total. The van der Waals surface area contributed by atoms with Gasteiger partial charge in [-0.15, -0.1) is 5.10 Å². The van der Waals surface area contributed by atoms with Crippen molar-refractivity contribution in [2.45, 2.75) is 17.1 Å². The maximum Gasteiger partial charge on any atom is 0.214 e. The van der Waals surface area contributed by atoms with E-state index in [1.807, 2.05) is 6.07 Å². The first-order valence-corrected chi connectivity index (χ1v) is 4.89. The highest BCUT2D eigenvalue weighted by atomic mass is 32.2. The van der Waals surface area contributed by atoms with Gasteiger partial charge in [-0.05, 0) is 18.7 Å². The van der Waals surface area contributed by atoms with Gasteiger partial charge < -0.3 is 0 Å². The predicted molar refractivity (Wildman–Crippen MR) is 52.0 cm³/mol. The second-order valence-corrected chi connectivity index (χ2v) is 3.58. The Labute approximate surface area is 89.8 Å². The Kier molecular flexibility index (Phi) is 2.60. The minimum absolute atomic E-state index is 0.282. The third kappa shape index (κ3) is 2.11. The number of nitrogens with zero attached hydrogens (tertiary/aromatic N) is 5. The minimum atomic E-state index is 0.282. The summed E-state index contributed by atoms with van der Waals surface area (Å²) >= 11 is 1.21. The molecule has 2 rings (SSSR count). The molecule has 2 aromatic heterocycles. The lowest BCUT2D eigenvalue weighted by Gasteiger charge is -1.96. The molecule has 0 spiro atoms. The largest absolute Gasteiger partial charge is 0.262 e. The number of aryl methyl sites for hydroxylation is 1. The van der Waals surface area contributed by atoms with E-state index < -0.39 is 0 Å². The van der Waals surface area contributed by atoms with Crippen LogP contribution in [0.5, 0.6) is 0 Å². The lowest BCUT2D eigenvalue weighted by Crippen LogP contribution is -1.90. The average molecular weight is 218 g/mol. The maximum atomic E-state index is 8.79. The number of hydrogen-bond acceptors (Lipinski definition) is 6. The van der Waals surface area contributed by atoms with E-state index in [1.165, 1.54) is 24.2 Å². The van der Waals surface area contributed by atoms with Crippen LogP contribution in [0.3, 0.4) is 0 Å². The van der Waals surface area contributed by atoms with Crippen LogP contribution in [0.4, 0.5) is 0 Å². The summed E-state index contributed by atoms with van der Waals surface area (Å²) in [6.45, 7) is 1.80. The summed E-state index contributed by atoms with van der Waals surface area (Å²) in [5, 5.41) is 16.5. The molecule has 2 aromatic rings. The summed E-state index contributed by atoms with van der Waals surface area (Å²) in [7, 11) is 0. The highest BCUT2D eigenvalue weighted by Crippen LogP contribution is 2.23. The fourth-order valence-corrected chi connectivity index (χ4v) is 1.69. The van der Waals surface area contributed by atoms with Crippen molar-refractivity contribution in [3.63, 3.8) is 0 Å². The van der Waals surface area contributed by atoms with Gasteiger partial charge >= 0.3 is 0 Å².